The van der Waals surface area contributed by atoms with E-state index in [4.69, 9.17) is 4.74 Å². The number of nitrogens with zero attached hydrogens (tertiary/aromatic N) is 7. The van der Waals surface area contributed by atoms with Gasteiger partial charge in [-0.3, -0.25) is 9.36 Å². The van der Waals surface area contributed by atoms with E-state index in [2.05, 4.69) is 35.9 Å². The number of amides is 1. The van der Waals surface area contributed by atoms with E-state index in [9.17, 15) is 15.0 Å². The van der Waals surface area contributed by atoms with Crippen molar-refractivity contribution in [3.8, 4) is 5.95 Å². The summed E-state index contributed by atoms with van der Waals surface area (Å²) in [6.07, 6.45) is 1.31. The molecule has 4 N–H and O–H groups in total. The standard InChI is InChI=1S/C19H25N9O4/c1-3-6-21-15-11-16(24-19(23-15)28-7-10(25-26-28)9-4-5-9)27(8-22-11)18-13(30)12(29)14(32-18)17(31)20-2/h7-9,12-14,18,29-30H,3-6H2,1-2H3,(H,20,31)(H,21,23,24)/t12-,13+,14-,18?/m0/s1. The number of nitrogens with one attached hydrogen (secondary N) is 2. The third kappa shape index (κ3) is 3.47. The Morgan fingerprint density at radius 3 is 2.81 bits per heavy atom. The van der Waals surface area contributed by atoms with Gasteiger partial charge < -0.3 is 25.6 Å². The van der Waals surface area contributed by atoms with Gasteiger partial charge >= 0.3 is 0 Å². The Bertz CT molecular complexity index is 1140. The number of aliphatic hydroxyl groups excluding tert-OH is 2. The number of carbonyl (C=O) groups is 1. The average molecular weight is 443 g/mol. The third-order valence-electron chi connectivity index (χ3n) is 5.68. The summed E-state index contributed by atoms with van der Waals surface area (Å²) < 4.78 is 8.70. The Hall–Kier alpha value is -3.16. The summed E-state index contributed by atoms with van der Waals surface area (Å²) in [6.45, 7) is 2.70. The summed E-state index contributed by atoms with van der Waals surface area (Å²) in [6, 6.07) is 0. The molecule has 1 aliphatic heterocycles. The molecule has 0 aromatic carbocycles. The van der Waals surface area contributed by atoms with Crippen molar-refractivity contribution < 1.29 is 19.7 Å². The van der Waals surface area contributed by atoms with Gasteiger partial charge in [0.25, 0.3) is 11.9 Å². The topological polar surface area (TPSA) is 165 Å². The van der Waals surface area contributed by atoms with E-state index in [0.717, 1.165) is 25.0 Å². The fourth-order valence-corrected chi connectivity index (χ4v) is 3.75. The highest BCUT2D eigenvalue weighted by molar-refractivity contribution is 5.84. The maximum absolute atomic E-state index is 12.0. The quantitative estimate of drug-likeness (QED) is 0.373. The molecule has 1 saturated heterocycles. The Balaban J connectivity index is 1.57. The van der Waals surface area contributed by atoms with Crippen molar-refractivity contribution in [2.45, 2.75) is 56.6 Å². The monoisotopic (exact) mass is 443 g/mol. The minimum atomic E-state index is -1.40. The van der Waals surface area contributed by atoms with E-state index >= 15 is 0 Å². The number of carbonyl (C=O) groups excluding carboxylic acids is 1. The molecule has 1 aliphatic carbocycles. The van der Waals surface area contributed by atoms with Gasteiger partial charge in [-0.15, -0.1) is 5.10 Å². The van der Waals surface area contributed by atoms with Crippen LogP contribution in [0.15, 0.2) is 12.5 Å². The van der Waals surface area contributed by atoms with Crippen LogP contribution < -0.4 is 10.6 Å². The highest BCUT2D eigenvalue weighted by Crippen LogP contribution is 2.39. The molecule has 0 bridgehead atoms. The summed E-state index contributed by atoms with van der Waals surface area (Å²) in [5.41, 5.74) is 1.74. The third-order valence-corrected chi connectivity index (χ3v) is 5.68. The van der Waals surface area contributed by atoms with Gasteiger partial charge in [-0.2, -0.15) is 14.6 Å². The zero-order chi connectivity index (χ0) is 22.4. The van der Waals surface area contributed by atoms with Gasteiger partial charge in [0.1, 0.15) is 12.2 Å². The largest absolute Gasteiger partial charge is 0.387 e. The number of rotatable bonds is 7. The van der Waals surface area contributed by atoms with Crippen LogP contribution >= 0.6 is 0 Å². The van der Waals surface area contributed by atoms with E-state index in [1.54, 1.807) is 0 Å². The van der Waals surface area contributed by atoms with Gasteiger partial charge in [0.15, 0.2) is 29.3 Å². The molecular weight excluding hydrogens is 418 g/mol. The summed E-state index contributed by atoms with van der Waals surface area (Å²) in [5, 5.41) is 35.0. The van der Waals surface area contributed by atoms with Gasteiger partial charge in [-0.25, -0.2) is 4.98 Å². The van der Waals surface area contributed by atoms with E-state index < -0.39 is 30.4 Å². The lowest BCUT2D eigenvalue weighted by Gasteiger charge is -2.17. The summed E-state index contributed by atoms with van der Waals surface area (Å²) in [5.74, 6) is 0.693. The zero-order valence-corrected chi connectivity index (χ0v) is 17.7. The number of aromatic nitrogens is 7. The molecule has 2 aliphatic rings. The van der Waals surface area contributed by atoms with Gasteiger partial charge in [-0.05, 0) is 19.3 Å². The number of imidazole rings is 1. The van der Waals surface area contributed by atoms with Gasteiger partial charge in [0.05, 0.1) is 18.2 Å². The zero-order valence-electron chi connectivity index (χ0n) is 17.7. The molecule has 1 unspecified atom stereocenters. The smallest absolute Gasteiger partial charge is 0.256 e. The number of hydrogen-bond donors (Lipinski definition) is 4. The lowest BCUT2D eigenvalue weighted by Crippen LogP contribution is -2.41. The molecule has 5 rings (SSSR count). The van der Waals surface area contributed by atoms with Crippen LogP contribution in [0.1, 0.15) is 44.0 Å². The van der Waals surface area contributed by atoms with Crippen LogP contribution in [0.3, 0.4) is 0 Å². The molecule has 170 valence electrons. The predicted octanol–water partition coefficient (Wildman–Crippen LogP) is -0.528. The van der Waals surface area contributed by atoms with Crippen LogP contribution in [0.5, 0.6) is 0 Å². The Morgan fingerprint density at radius 1 is 1.28 bits per heavy atom. The van der Waals surface area contributed by atoms with E-state index in [1.807, 2.05) is 13.1 Å². The minimum absolute atomic E-state index is 0.285. The fraction of sp³-hybridized carbons (Fsp3) is 0.579. The van der Waals surface area contributed by atoms with Gasteiger partial charge in [0.2, 0.25) is 0 Å². The normalized spacial score (nSPS) is 25.4. The molecular formula is C19H25N9O4. The minimum Gasteiger partial charge on any atom is -0.387 e. The van der Waals surface area contributed by atoms with Gasteiger partial charge in [0, 0.05) is 19.5 Å². The molecule has 13 nitrogen and oxygen atoms in total. The summed E-state index contributed by atoms with van der Waals surface area (Å²) in [7, 11) is 1.43. The Labute approximate surface area is 182 Å². The van der Waals surface area contributed by atoms with Crippen molar-refractivity contribution in [2.24, 2.45) is 0 Å². The van der Waals surface area contributed by atoms with Crippen LogP contribution in [0.25, 0.3) is 17.1 Å². The molecule has 0 spiro atoms. The average Bonchev–Trinajstić information content (AvgIpc) is 3.25. The summed E-state index contributed by atoms with van der Waals surface area (Å²) >= 11 is 0. The highest BCUT2D eigenvalue weighted by atomic mass is 16.6. The molecule has 4 atom stereocenters. The molecule has 3 aromatic rings. The molecule has 4 heterocycles. The van der Waals surface area contributed by atoms with Crippen molar-refractivity contribution in [3.05, 3.63) is 18.2 Å². The number of likely N-dealkylation sites (N-methyl/N-ethyl adjacent to an activating group) is 1. The second-order valence-electron chi connectivity index (χ2n) is 8.03. The lowest BCUT2D eigenvalue weighted by molar-refractivity contribution is -0.137. The Kier molecular flexibility index (Phi) is 5.23. The van der Waals surface area contributed by atoms with Crippen molar-refractivity contribution in [1.29, 1.82) is 0 Å². The highest BCUT2D eigenvalue weighted by Gasteiger charge is 2.47. The number of anilines is 1. The maximum Gasteiger partial charge on any atom is 0.256 e. The predicted molar refractivity (Wildman–Crippen MR) is 111 cm³/mol. The van der Waals surface area contributed by atoms with Crippen molar-refractivity contribution >= 4 is 22.9 Å². The Morgan fingerprint density at radius 2 is 2.09 bits per heavy atom. The number of aliphatic hydroxyl groups is 2. The van der Waals surface area contributed by atoms with Crippen LogP contribution in [-0.4, -0.2) is 82.5 Å². The molecule has 0 radical (unpaired) electrons. The first-order valence-electron chi connectivity index (χ1n) is 10.7. The first-order valence-corrected chi connectivity index (χ1v) is 10.7. The number of hydrogen-bond acceptors (Lipinski definition) is 10. The van der Waals surface area contributed by atoms with E-state index in [-0.39, 0.29) is 5.95 Å². The van der Waals surface area contributed by atoms with Crippen LogP contribution in [0.2, 0.25) is 0 Å². The number of fused-ring (bicyclic) bond motifs is 1. The molecule has 1 amide bonds. The van der Waals surface area contributed by atoms with Gasteiger partial charge in [-0.1, -0.05) is 12.1 Å². The first kappa shape index (κ1) is 20.7. The van der Waals surface area contributed by atoms with Crippen molar-refractivity contribution in [1.82, 2.24) is 39.8 Å². The second-order valence-corrected chi connectivity index (χ2v) is 8.03. The molecule has 3 aromatic heterocycles. The van der Waals surface area contributed by atoms with E-state index in [0.29, 0.717) is 29.4 Å². The molecule has 1 saturated carbocycles. The molecule has 32 heavy (non-hydrogen) atoms. The van der Waals surface area contributed by atoms with Crippen LogP contribution in [-0.2, 0) is 9.53 Å². The fourth-order valence-electron chi connectivity index (χ4n) is 3.75. The SMILES string of the molecule is CCCNc1nc(-n2cc(C3CC3)nn2)nc2c1ncn2C1O[C@H](C(=O)NC)[C@@H](O)[C@H]1O. The summed E-state index contributed by atoms with van der Waals surface area (Å²) in [4.78, 5) is 25.6. The van der Waals surface area contributed by atoms with Crippen LogP contribution in [0, 0.1) is 0 Å². The molecule has 13 heteroatoms. The second kappa shape index (κ2) is 8.07. The first-order chi connectivity index (χ1) is 15.5. The van der Waals surface area contributed by atoms with Crippen molar-refractivity contribution in [2.75, 3.05) is 18.9 Å². The number of ether oxygens (including phenoxy) is 1. The van der Waals surface area contributed by atoms with Crippen molar-refractivity contribution in [3.63, 3.8) is 0 Å². The molecule has 2 fully saturated rings. The van der Waals surface area contributed by atoms with Crippen LogP contribution in [0.4, 0.5) is 5.82 Å². The maximum atomic E-state index is 12.0. The lowest BCUT2D eigenvalue weighted by atomic mass is 10.1. The van der Waals surface area contributed by atoms with E-state index in [1.165, 1.54) is 22.6 Å².